The van der Waals surface area contributed by atoms with Crippen molar-refractivity contribution in [3.8, 4) is 0 Å². The van der Waals surface area contributed by atoms with Gasteiger partial charge in [-0.05, 0) is 19.4 Å². The van der Waals surface area contributed by atoms with Crippen LogP contribution in [0.25, 0.3) is 0 Å². The van der Waals surface area contributed by atoms with Gasteiger partial charge in [-0.15, -0.1) is 0 Å². The van der Waals surface area contributed by atoms with Crippen LogP contribution in [-0.4, -0.2) is 12.4 Å². The Kier molecular flexibility index (Phi) is 3.49. The summed E-state index contributed by atoms with van der Waals surface area (Å²) in [5, 5.41) is 0. The van der Waals surface area contributed by atoms with Crippen LogP contribution in [0.4, 0.5) is 0 Å². The van der Waals surface area contributed by atoms with Gasteiger partial charge in [0.25, 0.3) is 0 Å². The highest BCUT2D eigenvalue weighted by Crippen LogP contribution is 2.21. The fourth-order valence-corrected chi connectivity index (χ4v) is 1.23. The van der Waals surface area contributed by atoms with Gasteiger partial charge >= 0.3 is 0 Å². The van der Waals surface area contributed by atoms with E-state index in [4.69, 9.17) is 16.0 Å². The Labute approximate surface area is 84.0 Å². The van der Waals surface area contributed by atoms with Gasteiger partial charge in [0.2, 0.25) is 6.61 Å². The third kappa shape index (κ3) is 2.85. The molecule has 0 spiro atoms. The van der Waals surface area contributed by atoms with E-state index in [1.807, 2.05) is 18.2 Å². The second-order valence-corrected chi connectivity index (χ2v) is 3.77. The van der Waals surface area contributed by atoms with Crippen molar-refractivity contribution in [2.45, 2.75) is 19.3 Å². The average molecular weight is 197 g/mol. The third-order valence-corrected chi connectivity index (χ3v) is 2.15. The summed E-state index contributed by atoms with van der Waals surface area (Å²) in [4.78, 5) is 0. The van der Waals surface area contributed by atoms with E-state index in [0.717, 1.165) is 0 Å². The van der Waals surface area contributed by atoms with Crippen LogP contribution >= 0.6 is 11.6 Å². The van der Waals surface area contributed by atoms with E-state index in [9.17, 15) is 0 Å². The molecule has 0 aliphatic rings. The summed E-state index contributed by atoms with van der Waals surface area (Å²) in [6, 6.07) is 10.2. The molecule has 0 saturated heterocycles. The molecule has 1 aromatic rings. The fraction of sp³-hybridized carbons (Fsp3) is 0.364. The van der Waals surface area contributed by atoms with E-state index in [1.165, 1.54) is 5.56 Å². The molecule has 0 fully saturated rings. The Bertz CT molecular complexity index is 277. The van der Waals surface area contributed by atoms with Gasteiger partial charge in [0.05, 0.1) is 11.2 Å². The van der Waals surface area contributed by atoms with Crippen LogP contribution in [0, 0.1) is 0 Å². The van der Waals surface area contributed by atoms with Gasteiger partial charge in [-0.1, -0.05) is 30.3 Å². The largest absolute Gasteiger partial charge is 0.439 e. The smallest absolute Gasteiger partial charge is 0.228 e. The lowest BCUT2D eigenvalue weighted by atomic mass is 9.86. The Hall–Kier alpha value is -0.820. The molecule has 0 amide bonds. The van der Waals surface area contributed by atoms with E-state index in [1.54, 1.807) is 0 Å². The second kappa shape index (κ2) is 4.43. The highest BCUT2D eigenvalue weighted by molar-refractivity contribution is 6.54. The van der Waals surface area contributed by atoms with Crippen LogP contribution in [0.3, 0.4) is 0 Å². The lowest BCUT2D eigenvalue weighted by molar-refractivity contribution is 0.0683. The highest BCUT2D eigenvalue weighted by atomic mass is 35.5. The molecule has 1 aromatic carbocycles. The van der Waals surface area contributed by atoms with Gasteiger partial charge in [0, 0.05) is 0 Å². The summed E-state index contributed by atoms with van der Waals surface area (Å²) in [7, 11) is 0. The summed E-state index contributed by atoms with van der Waals surface area (Å²) < 4.78 is 4.97. The fourth-order valence-electron chi connectivity index (χ4n) is 1.18. The molecule has 0 N–H and O–H groups in total. The maximum Gasteiger partial charge on any atom is 0.228 e. The van der Waals surface area contributed by atoms with Crippen LogP contribution in [-0.2, 0) is 9.84 Å². The molecule has 1 nitrogen and oxygen atoms in total. The van der Waals surface area contributed by atoms with Crippen molar-refractivity contribution < 1.29 is 4.42 Å². The van der Waals surface area contributed by atoms with Crippen LogP contribution < -0.4 is 0 Å². The summed E-state index contributed by atoms with van der Waals surface area (Å²) in [5.41, 5.74) is 1.21. The zero-order valence-corrected chi connectivity index (χ0v) is 8.64. The molecular formula is C11H13ClO. The molecular weight excluding hydrogens is 184 g/mol. The van der Waals surface area contributed by atoms with Gasteiger partial charge in [0.15, 0.2) is 0 Å². The third-order valence-electron chi connectivity index (χ3n) is 2.04. The minimum Gasteiger partial charge on any atom is -0.439 e. The molecule has 0 saturated carbocycles. The number of hydrogen-bond acceptors (Lipinski definition) is 0. The van der Waals surface area contributed by atoms with Crippen LogP contribution in [0.5, 0.6) is 0 Å². The highest BCUT2D eigenvalue weighted by Gasteiger charge is 2.23. The molecule has 70 valence electrons. The first-order valence-corrected chi connectivity index (χ1v) is 4.57. The minimum absolute atomic E-state index is 0.0247. The normalized spacial score (nSPS) is 12.2. The standard InChI is InChI=1S/C11H13ClO/c1-11(2,8-13-9-12)10-6-4-3-5-7-10/h3-7H,8H2,1-2H3. The number of halogens is 1. The lowest BCUT2D eigenvalue weighted by Gasteiger charge is -2.18. The monoisotopic (exact) mass is 196 g/mol. The van der Waals surface area contributed by atoms with Crippen molar-refractivity contribution in [3.05, 3.63) is 35.9 Å². The predicted octanol–water partition coefficient (Wildman–Crippen LogP) is 2.81. The molecule has 13 heavy (non-hydrogen) atoms. The van der Waals surface area contributed by atoms with E-state index in [2.05, 4.69) is 31.7 Å². The molecule has 2 heteroatoms. The number of carbonyl (C=O) groups excluding carboxylic acids is 1. The minimum atomic E-state index is -0.0247. The average Bonchev–Trinajstić information content (AvgIpc) is 2.16. The Morgan fingerprint density at radius 1 is 1.31 bits per heavy atom. The van der Waals surface area contributed by atoms with E-state index in [-0.39, 0.29) is 5.41 Å². The summed E-state index contributed by atoms with van der Waals surface area (Å²) in [5.74, 6) is 2.17. The van der Waals surface area contributed by atoms with Crippen molar-refractivity contribution in [3.63, 3.8) is 0 Å². The predicted molar refractivity (Wildman–Crippen MR) is 55.9 cm³/mol. The van der Waals surface area contributed by atoms with Crippen molar-refractivity contribution in [2.75, 3.05) is 6.61 Å². The summed E-state index contributed by atoms with van der Waals surface area (Å²) in [6.45, 7) is 4.76. The molecule has 0 aliphatic carbocycles. The van der Waals surface area contributed by atoms with Gasteiger partial charge in [-0.25, -0.2) is 11.6 Å². The van der Waals surface area contributed by atoms with Crippen molar-refractivity contribution in [2.24, 2.45) is 0 Å². The zero-order valence-electron chi connectivity index (χ0n) is 7.88. The number of hydrogen-bond donors (Lipinski definition) is 0. The maximum atomic E-state index is 5.22. The van der Waals surface area contributed by atoms with E-state index < -0.39 is 0 Å². The number of benzene rings is 1. The molecule has 0 aromatic heterocycles. The lowest BCUT2D eigenvalue weighted by Crippen LogP contribution is -2.22. The molecule has 0 atom stereocenters. The van der Waals surface area contributed by atoms with Gasteiger partial charge in [0.1, 0.15) is 0 Å². The molecule has 0 unspecified atom stereocenters. The molecule has 1 rings (SSSR count). The Morgan fingerprint density at radius 2 is 1.92 bits per heavy atom. The Morgan fingerprint density at radius 3 is 2.46 bits per heavy atom. The van der Waals surface area contributed by atoms with Gasteiger partial charge < -0.3 is 4.42 Å². The topological polar surface area (TPSA) is 11.3 Å². The molecule has 0 bridgehead atoms. The SMILES string of the molecule is CC(C)(C[O+]=[C-]Cl)c1ccccc1. The molecule has 0 radical (unpaired) electrons. The summed E-state index contributed by atoms with van der Waals surface area (Å²) >= 11 is 5.22. The first kappa shape index (κ1) is 10.3. The first-order valence-electron chi connectivity index (χ1n) is 4.20. The zero-order chi connectivity index (χ0) is 9.73. The second-order valence-electron chi connectivity index (χ2n) is 3.62. The van der Waals surface area contributed by atoms with Crippen molar-refractivity contribution in [1.29, 1.82) is 0 Å². The van der Waals surface area contributed by atoms with Gasteiger partial charge in [-0.3, -0.25) is 0 Å². The van der Waals surface area contributed by atoms with Crippen LogP contribution in [0.1, 0.15) is 19.4 Å². The number of rotatable bonds is 3. The van der Waals surface area contributed by atoms with Crippen LogP contribution in [0.15, 0.2) is 30.3 Å². The molecule has 0 aliphatic heterocycles. The maximum absolute atomic E-state index is 5.22. The van der Waals surface area contributed by atoms with Crippen molar-refractivity contribution >= 4 is 17.3 Å². The van der Waals surface area contributed by atoms with Crippen LogP contribution in [0.2, 0.25) is 0 Å². The molecule has 0 heterocycles. The van der Waals surface area contributed by atoms with Crippen molar-refractivity contribution in [1.82, 2.24) is 0 Å². The van der Waals surface area contributed by atoms with E-state index in [0.29, 0.717) is 6.61 Å². The first-order chi connectivity index (χ1) is 6.17. The Balaban J connectivity index is 2.81. The van der Waals surface area contributed by atoms with E-state index >= 15 is 0 Å². The summed E-state index contributed by atoms with van der Waals surface area (Å²) in [6.07, 6.45) is 0. The van der Waals surface area contributed by atoms with Gasteiger partial charge in [-0.2, -0.15) is 0 Å². The quantitative estimate of drug-likeness (QED) is 0.400.